The number of nitrogen functional groups attached to an aromatic ring is 1. The van der Waals surface area contributed by atoms with Gasteiger partial charge in [-0.25, -0.2) is 4.98 Å². The number of aromatic nitrogens is 1. The fourth-order valence-corrected chi connectivity index (χ4v) is 2.19. The zero-order chi connectivity index (χ0) is 11.0. The van der Waals surface area contributed by atoms with Crippen LogP contribution in [0.1, 0.15) is 18.7 Å². The Labute approximate surface area is 94.0 Å². The summed E-state index contributed by atoms with van der Waals surface area (Å²) in [6.45, 7) is 3.12. The van der Waals surface area contributed by atoms with Crippen LogP contribution in [0, 0.1) is 0 Å². The van der Waals surface area contributed by atoms with Crippen molar-refractivity contribution in [3.63, 3.8) is 0 Å². The number of benzene rings is 1. The summed E-state index contributed by atoms with van der Waals surface area (Å²) in [6.07, 6.45) is 2.57. The van der Waals surface area contributed by atoms with Gasteiger partial charge >= 0.3 is 0 Å². The molecule has 0 unspecified atom stereocenters. The van der Waals surface area contributed by atoms with Crippen molar-refractivity contribution in [1.82, 2.24) is 9.88 Å². The van der Waals surface area contributed by atoms with Gasteiger partial charge in [-0.3, -0.25) is 4.90 Å². The Kier molecular flexibility index (Phi) is 2.29. The van der Waals surface area contributed by atoms with Gasteiger partial charge in [0, 0.05) is 11.8 Å². The molecule has 4 heteroatoms. The van der Waals surface area contributed by atoms with Gasteiger partial charge in [-0.05, 0) is 38.1 Å². The normalized spacial score (nSPS) is 17.2. The number of rotatable bonds is 2. The highest BCUT2D eigenvalue weighted by atomic mass is 16.3. The van der Waals surface area contributed by atoms with Crippen molar-refractivity contribution in [2.75, 3.05) is 18.8 Å². The molecule has 4 nitrogen and oxygen atoms in total. The number of hydrogen-bond donors (Lipinski definition) is 1. The molecule has 16 heavy (non-hydrogen) atoms. The van der Waals surface area contributed by atoms with Gasteiger partial charge in [0.05, 0.1) is 6.54 Å². The molecule has 0 spiro atoms. The van der Waals surface area contributed by atoms with E-state index in [2.05, 4.69) is 9.88 Å². The number of hydrogen-bond acceptors (Lipinski definition) is 4. The molecule has 0 atom stereocenters. The summed E-state index contributed by atoms with van der Waals surface area (Å²) in [4.78, 5) is 6.82. The Bertz CT molecular complexity index is 500. The van der Waals surface area contributed by atoms with Gasteiger partial charge in [0.1, 0.15) is 5.52 Å². The first kappa shape index (κ1) is 9.66. The van der Waals surface area contributed by atoms with Gasteiger partial charge < -0.3 is 10.2 Å². The number of oxazole rings is 1. The zero-order valence-corrected chi connectivity index (χ0v) is 9.15. The van der Waals surface area contributed by atoms with E-state index >= 15 is 0 Å². The number of anilines is 1. The standard InChI is InChI=1S/C12H15N3O/c13-9-3-4-10-11(7-9)16-12(14-10)8-15-5-1-2-6-15/h3-4,7H,1-2,5-6,8,13H2. The molecule has 2 heterocycles. The maximum atomic E-state index is 5.70. The minimum Gasteiger partial charge on any atom is -0.439 e. The fraction of sp³-hybridized carbons (Fsp3) is 0.417. The van der Waals surface area contributed by atoms with E-state index in [-0.39, 0.29) is 0 Å². The molecule has 1 aliphatic heterocycles. The van der Waals surface area contributed by atoms with Gasteiger partial charge in [0.25, 0.3) is 0 Å². The highest BCUT2D eigenvalue weighted by Gasteiger charge is 2.15. The van der Waals surface area contributed by atoms with Crippen LogP contribution in [0.2, 0.25) is 0 Å². The SMILES string of the molecule is Nc1ccc2nc(CN3CCCC3)oc2c1. The molecular formula is C12H15N3O. The maximum absolute atomic E-state index is 5.70. The second kappa shape index (κ2) is 3.79. The first-order valence-electron chi connectivity index (χ1n) is 5.68. The Morgan fingerprint density at radius 1 is 1.31 bits per heavy atom. The van der Waals surface area contributed by atoms with Crippen molar-refractivity contribution >= 4 is 16.8 Å². The quantitative estimate of drug-likeness (QED) is 0.782. The number of nitrogens with zero attached hydrogens (tertiary/aromatic N) is 2. The van der Waals surface area contributed by atoms with E-state index in [0.717, 1.165) is 42.3 Å². The lowest BCUT2D eigenvalue weighted by Gasteiger charge is -2.10. The van der Waals surface area contributed by atoms with Crippen LogP contribution in [0.15, 0.2) is 22.6 Å². The summed E-state index contributed by atoms with van der Waals surface area (Å²) >= 11 is 0. The van der Waals surface area contributed by atoms with E-state index < -0.39 is 0 Å². The van der Waals surface area contributed by atoms with E-state index in [1.165, 1.54) is 12.8 Å². The van der Waals surface area contributed by atoms with Crippen molar-refractivity contribution in [1.29, 1.82) is 0 Å². The topological polar surface area (TPSA) is 55.3 Å². The van der Waals surface area contributed by atoms with Crippen LogP contribution in [-0.2, 0) is 6.54 Å². The van der Waals surface area contributed by atoms with Crippen molar-refractivity contribution in [3.8, 4) is 0 Å². The van der Waals surface area contributed by atoms with E-state index in [1.54, 1.807) is 0 Å². The Balaban J connectivity index is 1.86. The smallest absolute Gasteiger partial charge is 0.209 e. The number of likely N-dealkylation sites (tertiary alicyclic amines) is 1. The van der Waals surface area contributed by atoms with Crippen molar-refractivity contribution < 1.29 is 4.42 Å². The average molecular weight is 217 g/mol. The molecule has 1 saturated heterocycles. The lowest BCUT2D eigenvalue weighted by atomic mass is 10.3. The van der Waals surface area contributed by atoms with Crippen LogP contribution in [0.4, 0.5) is 5.69 Å². The second-order valence-electron chi connectivity index (χ2n) is 4.32. The lowest BCUT2D eigenvalue weighted by Crippen LogP contribution is -2.18. The number of nitrogens with two attached hydrogens (primary N) is 1. The Morgan fingerprint density at radius 3 is 2.94 bits per heavy atom. The summed E-state index contributed by atoms with van der Waals surface area (Å²) < 4.78 is 5.68. The molecule has 1 fully saturated rings. The van der Waals surface area contributed by atoms with E-state index in [4.69, 9.17) is 10.2 Å². The lowest BCUT2D eigenvalue weighted by molar-refractivity contribution is 0.295. The summed E-state index contributed by atoms with van der Waals surface area (Å²) in [5.74, 6) is 0.794. The van der Waals surface area contributed by atoms with Crippen LogP contribution >= 0.6 is 0 Å². The molecule has 0 aliphatic carbocycles. The third kappa shape index (κ3) is 1.76. The Morgan fingerprint density at radius 2 is 2.12 bits per heavy atom. The average Bonchev–Trinajstić information content (AvgIpc) is 2.86. The van der Waals surface area contributed by atoms with Crippen LogP contribution < -0.4 is 5.73 Å². The van der Waals surface area contributed by atoms with E-state index in [1.807, 2.05) is 18.2 Å². The largest absolute Gasteiger partial charge is 0.439 e. The van der Waals surface area contributed by atoms with Gasteiger partial charge in [-0.2, -0.15) is 0 Å². The molecule has 1 aromatic heterocycles. The summed E-state index contributed by atoms with van der Waals surface area (Å²) in [5, 5.41) is 0. The molecule has 1 aliphatic rings. The third-order valence-electron chi connectivity index (χ3n) is 3.01. The van der Waals surface area contributed by atoms with Crippen molar-refractivity contribution in [2.45, 2.75) is 19.4 Å². The summed E-state index contributed by atoms with van der Waals surface area (Å²) in [5.41, 5.74) is 8.10. The molecule has 0 amide bonds. The van der Waals surface area contributed by atoms with E-state index in [0.29, 0.717) is 0 Å². The summed E-state index contributed by atoms with van der Waals surface area (Å²) in [7, 11) is 0. The minimum atomic E-state index is 0.719. The summed E-state index contributed by atoms with van der Waals surface area (Å²) in [6, 6.07) is 5.59. The predicted molar refractivity (Wildman–Crippen MR) is 62.9 cm³/mol. The van der Waals surface area contributed by atoms with Gasteiger partial charge in [-0.1, -0.05) is 0 Å². The molecule has 0 radical (unpaired) electrons. The van der Waals surface area contributed by atoms with Gasteiger partial charge in [0.2, 0.25) is 5.89 Å². The fourth-order valence-electron chi connectivity index (χ4n) is 2.19. The highest BCUT2D eigenvalue weighted by Crippen LogP contribution is 2.20. The van der Waals surface area contributed by atoms with Crippen LogP contribution in [0.25, 0.3) is 11.1 Å². The first-order valence-corrected chi connectivity index (χ1v) is 5.68. The molecule has 84 valence electrons. The maximum Gasteiger partial charge on any atom is 0.209 e. The predicted octanol–water partition coefficient (Wildman–Crippen LogP) is 2.01. The molecule has 0 saturated carbocycles. The van der Waals surface area contributed by atoms with Crippen LogP contribution in [0.5, 0.6) is 0 Å². The van der Waals surface area contributed by atoms with Gasteiger partial charge in [0.15, 0.2) is 5.58 Å². The monoisotopic (exact) mass is 217 g/mol. The van der Waals surface area contributed by atoms with Crippen molar-refractivity contribution in [3.05, 3.63) is 24.1 Å². The number of fused-ring (bicyclic) bond motifs is 1. The van der Waals surface area contributed by atoms with Crippen molar-refractivity contribution in [2.24, 2.45) is 0 Å². The molecule has 2 aromatic rings. The van der Waals surface area contributed by atoms with E-state index in [9.17, 15) is 0 Å². The molecule has 0 bridgehead atoms. The third-order valence-corrected chi connectivity index (χ3v) is 3.01. The molecular weight excluding hydrogens is 202 g/mol. The van der Waals surface area contributed by atoms with Gasteiger partial charge in [-0.15, -0.1) is 0 Å². The molecule has 1 aromatic carbocycles. The Hall–Kier alpha value is -1.55. The van der Waals surface area contributed by atoms with Crippen LogP contribution in [-0.4, -0.2) is 23.0 Å². The molecule has 3 rings (SSSR count). The minimum absolute atomic E-state index is 0.719. The molecule has 2 N–H and O–H groups in total. The second-order valence-corrected chi connectivity index (χ2v) is 4.32. The highest BCUT2D eigenvalue weighted by molar-refractivity contribution is 5.76. The zero-order valence-electron chi connectivity index (χ0n) is 9.15. The first-order chi connectivity index (χ1) is 7.81. The van der Waals surface area contributed by atoms with Crippen LogP contribution in [0.3, 0.4) is 0 Å².